The first-order chi connectivity index (χ1) is 8.44. The van der Waals surface area contributed by atoms with Gasteiger partial charge in [-0.1, -0.05) is 0 Å². The third-order valence-corrected chi connectivity index (χ3v) is 6.09. The van der Waals surface area contributed by atoms with E-state index in [9.17, 15) is 13.5 Å². The lowest BCUT2D eigenvalue weighted by atomic mass is 9.93. The molecule has 18 heavy (non-hydrogen) atoms. The van der Waals surface area contributed by atoms with Crippen LogP contribution in [-0.4, -0.2) is 61.2 Å². The zero-order valence-electron chi connectivity index (χ0n) is 10.8. The molecule has 3 N–H and O–H groups in total. The van der Waals surface area contributed by atoms with Crippen molar-refractivity contribution in [1.29, 1.82) is 0 Å². The minimum atomic E-state index is -2.78. The number of hydrogen-bond donors (Lipinski definition) is 2. The molecule has 0 amide bonds. The summed E-state index contributed by atoms with van der Waals surface area (Å²) < 4.78 is 22.8. The molecule has 6 heteroatoms. The Morgan fingerprint density at radius 3 is 2.50 bits per heavy atom. The van der Waals surface area contributed by atoms with Gasteiger partial charge in [0, 0.05) is 18.1 Å². The number of sulfone groups is 1. The smallest absolute Gasteiger partial charge is 0.150 e. The molecule has 0 aromatic rings. The van der Waals surface area contributed by atoms with Gasteiger partial charge in [0.2, 0.25) is 0 Å². The second kappa shape index (κ2) is 5.45. The molecular formula is C12H24N2O3S. The van der Waals surface area contributed by atoms with E-state index in [1.807, 2.05) is 0 Å². The van der Waals surface area contributed by atoms with Gasteiger partial charge >= 0.3 is 0 Å². The van der Waals surface area contributed by atoms with Crippen LogP contribution in [0.25, 0.3) is 0 Å². The van der Waals surface area contributed by atoms with E-state index in [0.29, 0.717) is 17.5 Å². The molecule has 2 aliphatic rings. The summed E-state index contributed by atoms with van der Waals surface area (Å²) in [6, 6.07) is 0.384. The fourth-order valence-electron chi connectivity index (χ4n) is 3.00. The molecule has 0 aromatic carbocycles. The van der Waals surface area contributed by atoms with Gasteiger partial charge in [0.15, 0.2) is 0 Å². The molecule has 0 aromatic heterocycles. The van der Waals surface area contributed by atoms with Gasteiger partial charge in [0.05, 0.1) is 18.1 Å². The van der Waals surface area contributed by atoms with E-state index >= 15 is 0 Å². The highest BCUT2D eigenvalue weighted by Crippen LogP contribution is 2.24. The Balaban J connectivity index is 1.91. The maximum atomic E-state index is 11.4. The van der Waals surface area contributed by atoms with E-state index in [4.69, 9.17) is 5.73 Å². The van der Waals surface area contributed by atoms with Crippen molar-refractivity contribution >= 4 is 9.84 Å². The van der Waals surface area contributed by atoms with Crippen LogP contribution < -0.4 is 5.73 Å². The number of aliphatic hydroxyl groups excluding tert-OH is 1. The van der Waals surface area contributed by atoms with E-state index in [-0.39, 0.29) is 6.61 Å². The quantitative estimate of drug-likeness (QED) is 0.726. The van der Waals surface area contributed by atoms with Crippen LogP contribution in [0.1, 0.15) is 32.1 Å². The van der Waals surface area contributed by atoms with Crippen LogP contribution in [0.5, 0.6) is 0 Å². The molecule has 2 aliphatic heterocycles. The summed E-state index contributed by atoms with van der Waals surface area (Å²) in [6.45, 7) is 1.89. The zero-order chi connectivity index (χ0) is 13.2. The Hall–Kier alpha value is -0.170. The standard InChI is InChI=1S/C12H24N2O3S/c13-12(10-15)4-1-6-14(7-5-12)11-2-8-18(16,17)9-3-11/h11,15H,1-10,13H2. The molecule has 0 saturated carbocycles. The minimum Gasteiger partial charge on any atom is -0.394 e. The van der Waals surface area contributed by atoms with Gasteiger partial charge < -0.3 is 15.7 Å². The first-order valence-electron chi connectivity index (χ1n) is 6.78. The number of aliphatic hydroxyl groups is 1. The lowest BCUT2D eigenvalue weighted by molar-refractivity contribution is 0.162. The van der Waals surface area contributed by atoms with Crippen LogP contribution in [0.3, 0.4) is 0 Å². The number of nitrogens with zero attached hydrogens (tertiary/aromatic N) is 1. The molecule has 2 fully saturated rings. The zero-order valence-corrected chi connectivity index (χ0v) is 11.7. The van der Waals surface area contributed by atoms with Crippen LogP contribution in [0.15, 0.2) is 0 Å². The fraction of sp³-hybridized carbons (Fsp3) is 1.00. The molecule has 5 nitrogen and oxygen atoms in total. The van der Waals surface area contributed by atoms with Crippen LogP contribution in [0.2, 0.25) is 0 Å². The van der Waals surface area contributed by atoms with Crippen molar-refractivity contribution in [2.24, 2.45) is 5.73 Å². The van der Waals surface area contributed by atoms with Crippen molar-refractivity contribution in [2.75, 3.05) is 31.2 Å². The van der Waals surface area contributed by atoms with Crippen LogP contribution in [-0.2, 0) is 9.84 Å². The molecule has 2 heterocycles. The predicted octanol–water partition coefficient (Wildman–Crippen LogP) is -0.261. The van der Waals surface area contributed by atoms with Gasteiger partial charge in [-0.15, -0.1) is 0 Å². The molecular weight excluding hydrogens is 252 g/mol. The van der Waals surface area contributed by atoms with E-state index in [1.165, 1.54) is 0 Å². The molecule has 0 aliphatic carbocycles. The monoisotopic (exact) mass is 276 g/mol. The lowest BCUT2D eigenvalue weighted by Crippen LogP contribution is -2.46. The third kappa shape index (κ3) is 3.44. The number of likely N-dealkylation sites (tertiary alicyclic amines) is 1. The third-order valence-electron chi connectivity index (χ3n) is 4.37. The normalized spacial score (nSPS) is 35.2. The summed E-state index contributed by atoms with van der Waals surface area (Å²) in [5.41, 5.74) is 5.69. The Morgan fingerprint density at radius 2 is 1.89 bits per heavy atom. The number of hydrogen-bond acceptors (Lipinski definition) is 5. The van der Waals surface area contributed by atoms with Gasteiger partial charge in [-0.05, 0) is 38.6 Å². The van der Waals surface area contributed by atoms with Crippen LogP contribution in [0.4, 0.5) is 0 Å². The lowest BCUT2D eigenvalue weighted by Gasteiger charge is -2.33. The average Bonchev–Trinajstić information content (AvgIpc) is 2.53. The molecule has 0 radical (unpaired) electrons. The molecule has 0 spiro atoms. The fourth-order valence-corrected chi connectivity index (χ4v) is 4.47. The topological polar surface area (TPSA) is 83.6 Å². The Labute approximate surface area is 109 Å². The van der Waals surface area contributed by atoms with Crippen LogP contribution >= 0.6 is 0 Å². The molecule has 2 saturated heterocycles. The summed E-state index contributed by atoms with van der Waals surface area (Å²) in [4.78, 5) is 2.37. The van der Waals surface area contributed by atoms with E-state index in [2.05, 4.69) is 4.90 Å². The molecule has 1 unspecified atom stereocenters. The van der Waals surface area contributed by atoms with Gasteiger partial charge in [-0.25, -0.2) is 8.42 Å². The van der Waals surface area contributed by atoms with Gasteiger partial charge in [0.1, 0.15) is 9.84 Å². The highest BCUT2D eigenvalue weighted by Gasteiger charge is 2.32. The largest absolute Gasteiger partial charge is 0.394 e. The SMILES string of the molecule is NC1(CO)CCCN(C2CCS(=O)(=O)CC2)CC1. The maximum Gasteiger partial charge on any atom is 0.150 e. The predicted molar refractivity (Wildman–Crippen MR) is 71.1 cm³/mol. The minimum absolute atomic E-state index is 0.0416. The van der Waals surface area contributed by atoms with E-state index in [0.717, 1.165) is 45.2 Å². The first-order valence-corrected chi connectivity index (χ1v) is 8.60. The molecule has 2 rings (SSSR count). The molecule has 106 valence electrons. The summed E-state index contributed by atoms with van der Waals surface area (Å²) >= 11 is 0. The summed E-state index contributed by atoms with van der Waals surface area (Å²) in [5, 5.41) is 9.32. The van der Waals surface area contributed by atoms with Crippen molar-refractivity contribution in [3.8, 4) is 0 Å². The van der Waals surface area contributed by atoms with Crippen molar-refractivity contribution in [3.63, 3.8) is 0 Å². The highest BCUT2D eigenvalue weighted by molar-refractivity contribution is 7.91. The Morgan fingerprint density at radius 1 is 1.22 bits per heavy atom. The van der Waals surface area contributed by atoms with Crippen molar-refractivity contribution in [2.45, 2.75) is 43.7 Å². The maximum absolute atomic E-state index is 11.4. The average molecular weight is 276 g/mol. The van der Waals surface area contributed by atoms with Crippen LogP contribution in [0, 0.1) is 0 Å². The summed E-state index contributed by atoms with van der Waals surface area (Å²) in [7, 11) is -2.78. The molecule has 0 bridgehead atoms. The highest BCUT2D eigenvalue weighted by atomic mass is 32.2. The second-order valence-corrected chi connectivity index (χ2v) is 8.10. The molecule has 1 atom stereocenters. The number of rotatable bonds is 2. The Kier molecular flexibility index (Phi) is 4.31. The second-order valence-electron chi connectivity index (χ2n) is 5.79. The Bertz CT molecular complexity index is 371. The van der Waals surface area contributed by atoms with Crippen molar-refractivity contribution in [3.05, 3.63) is 0 Å². The van der Waals surface area contributed by atoms with E-state index < -0.39 is 15.4 Å². The summed E-state index contributed by atoms with van der Waals surface area (Å²) in [5.74, 6) is 0.643. The van der Waals surface area contributed by atoms with Gasteiger partial charge in [-0.3, -0.25) is 0 Å². The van der Waals surface area contributed by atoms with Crippen molar-refractivity contribution < 1.29 is 13.5 Å². The van der Waals surface area contributed by atoms with Crippen molar-refractivity contribution in [1.82, 2.24) is 4.90 Å². The van der Waals surface area contributed by atoms with Gasteiger partial charge in [-0.2, -0.15) is 0 Å². The van der Waals surface area contributed by atoms with Gasteiger partial charge in [0.25, 0.3) is 0 Å². The van der Waals surface area contributed by atoms with E-state index in [1.54, 1.807) is 0 Å². The number of nitrogens with two attached hydrogens (primary N) is 1. The summed E-state index contributed by atoms with van der Waals surface area (Å²) in [6.07, 6.45) is 4.14. The first kappa shape index (κ1) is 14.2.